The molecular weight excluding hydrogens is 320 g/mol. The molecule has 4 atom stereocenters. The second-order valence-corrected chi connectivity index (χ2v) is 8.50. The standard InChI is InChI=1S/C15H22N2O5S/c1-8-14(9(2)22-16-8)23(20,21)17-15(19)12-4-10-3-11(5-12)7-13(18)6-10/h10-13,18H,3-7H2,1-2H3,(H,17,19)/t10-,11+,12?,13?. The SMILES string of the molecule is Cc1noc(C)c1S(=O)(=O)NC(=O)C1C[C@H]2CC(O)C[C@@H](C1)C2. The number of aliphatic hydroxyl groups is 1. The Kier molecular flexibility index (Phi) is 4.22. The van der Waals surface area contributed by atoms with E-state index in [-0.39, 0.29) is 28.4 Å². The molecule has 2 aliphatic rings. The van der Waals surface area contributed by atoms with Crippen LogP contribution in [0, 0.1) is 31.6 Å². The molecule has 0 spiro atoms. The van der Waals surface area contributed by atoms with Crippen LogP contribution in [0.25, 0.3) is 0 Å². The van der Waals surface area contributed by atoms with Crippen molar-refractivity contribution in [1.29, 1.82) is 0 Å². The normalized spacial score (nSPS) is 30.9. The van der Waals surface area contributed by atoms with Crippen LogP contribution in [-0.4, -0.2) is 30.7 Å². The maximum atomic E-state index is 12.4. The molecule has 2 aliphatic carbocycles. The zero-order valence-electron chi connectivity index (χ0n) is 13.3. The highest BCUT2D eigenvalue weighted by Gasteiger charge is 2.39. The van der Waals surface area contributed by atoms with E-state index in [2.05, 4.69) is 9.88 Å². The van der Waals surface area contributed by atoms with Gasteiger partial charge in [0.1, 0.15) is 5.69 Å². The first-order chi connectivity index (χ1) is 10.8. The predicted molar refractivity (Wildman–Crippen MR) is 80.9 cm³/mol. The fourth-order valence-electron chi connectivity index (χ4n) is 4.15. The van der Waals surface area contributed by atoms with E-state index in [9.17, 15) is 18.3 Å². The number of aryl methyl sites for hydroxylation is 2. The quantitative estimate of drug-likeness (QED) is 0.856. The van der Waals surface area contributed by atoms with Crippen molar-refractivity contribution in [2.75, 3.05) is 0 Å². The van der Waals surface area contributed by atoms with Gasteiger partial charge in [0.15, 0.2) is 10.7 Å². The Morgan fingerprint density at radius 3 is 2.30 bits per heavy atom. The van der Waals surface area contributed by atoms with Crippen LogP contribution in [-0.2, 0) is 14.8 Å². The van der Waals surface area contributed by atoms with Crippen molar-refractivity contribution in [3.05, 3.63) is 11.5 Å². The Labute approximate surface area is 135 Å². The van der Waals surface area contributed by atoms with Crippen molar-refractivity contribution in [3.63, 3.8) is 0 Å². The molecule has 8 heteroatoms. The average Bonchev–Trinajstić information content (AvgIpc) is 2.76. The number of carbonyl (C=O) groups is 1. The van der Waals surface area contributed by atoms with Crippen molar-refractivity contribution in [2.24, 2.45) is 17.8 Å². The lowest BCUT2D eigenvalue weighted by Crippen LogP contribution is -2.42. The molecule has 1 aromatic rings. The summed E-state index contributed by atoms with van der Waals surface area (Å²) in [6, 6.07) is 0. The summed E-state index contributed by atoms with van der Waals surface area (Å²) in [6.45, 7) is 3.04. The van der Waals surface area contributed by atoms with E-state index >= 15 is 0 Å². The molecule has 23 heavy (non-hydrogen) atoms. The van der Waals surface area contributed by atoms with Crippen LogP contribution in [0.15, 0.2) is 9.42 Å². The topological polar surface area (TPSA) is 110 Å². The van der Waals surface area contributed by atoms with Gasteiger partial charge in [-0.15, -0.1) is 0 Å². The van der Waals surface area contributed by atoms with E-state index in [0.717, 1.165) is 6.42 Å². The summed E-state index contributed by atoms with van der Waals surface area (Å²) in [6.07, 6.45) is 3.42. The molecule has 0 aliphatic heterocycles. The van der Waals surface area contributed by atoms with Crippen LogP contribution in [0.4, 0.5) is 0 Å². The first-order valence-corrected chi connectivity index (χ1v) is 9.42. The maximum Gasteiger partial charge on any atom is 0.269 e. The minimum atomic E-state index is -3.97. The molecule has 1 aromatic heterocycles. The maximum absolute atomic E-state index is 12.4. The molecule has 0 aromatic carbocycles. The molecule has 0 radical (unpaired) electrons. The van der Waals surface area contributed by atoms with E-state index in [1.54, 1.807) is 0 Å². The molecule has 1 amide bonds. The number of carbonyl (C=O) groups excluding carboxylic acids is 1. The van der Waals surface area contributed by atoms with Gasteiger partial charge in [-0.1, -0.05) is 5.16 Å². The number of aliphatic hydroxyl groups excluding tert-OH is 1. The minimum Gasteiger partial charge on any atom is -0.393 e. The number of aromatic nitrogens is 1. The second-order valence-electron chi connectivity index (χ2n) is 6.88. The van der Waals surface area contributed by atoms with Gasteiger partial charge in [-0.3, -0.25) is 4.79 Å². The minimum absolute atomic E-state index is 0.0581. The fraction of sp³-hybridized carbons (Fsp3) is 0.733. The van der Waals surface area contributed by atoms with Crippen LogP contribution in [0.2, 0.25) is 0 Å². The number of sulfonamides is 1. The van der Waals surface area contributed by atoms with Crippen molar-refractivity contribution in [1.82, 2.24) is 9.88 Å². The van der Waals surface area contributed by atoms with Crippen molar-refractivity contribution in [3.8, 4) is 0 Å². The number of fused-ring (bicyclic) bond motifs is 2. The largest absolute Gasteiger partial charge is 0.393 e. The monoisotopic (exact) mass is 342 g/mol. The van der Waals surface area contributed by atoms with E-state index in [4.69, 9.17) is 4.52 Å². The summed E-state index contributed by atoms with van der Waals surface area (Å²) in [5.74, 6) is -0.00550. The molecule has 2 saturated carbocycles. The Balaban J connectivity index is 1.72. The van der Waals surface area contributed by atoms with E-state index in [1.165, 1.54) is 13.8 Å². The third-order valence-electron chi connectivity index (χ3n) is 4.96. The number of amides is 1. The van der Waals surface area contributed by atoms with Crippen LogP contribution in [0.3, 0.4) is 0 Å². The highest BCUT2D eigenvalue weighted by atomic mass is 32.2. The molecule has 1 heterocycles. The average molecular weight is 342 g/mol. The predicted octanol–water partition coefficient (Wildman–Crippen LogP) is 1.28. The summed E-state index contributed by atoms with van der Waals surface area (Å²) in [4.78, 5) is 12.4. The van der Waals surface area contributed by atoms with Crippen LogP contribution >= 0.6 is 0 Å². The lowest BCUT2D eigenvalue weighted by molar-refractivity contribution is -0.126. The first-order valence-electron chi connectivity index (χ1n) is 7.94. The van der Waals surface area contributed by atoms with Gasteiger partial charge in [-0.25, -0.2) is 13.1 Å². The highest BCUT2D eigenvalue weighted by molar-refractivity contribution is 7.90. The Bertz CT molecular complexity index is 674. The van der Waals surface area contributed by atoms with Crippen molar-refractivity contribution < 1.29 is 22.8 Å². The molecule has 2 unspecified atom stereocenters. The third-order valence-corrected chi connectivity index (χ3v) is 6.55. The Hall–Kier alpha value is -1.41. The molecule has 2 fully saturated rings. The third kappa shape index (κ3) is 3.28. The molecule has 7 nitrogen and oxygen atoms in total. The van der Waals surface area contributed by atoms with Crippen molar-refractivity contribution >= 4 is 15.9 Å². The van der Waals surface area contributed by atoms with Gasteiger partial charge in [0.25, 0.3) is 10.0 Å². The summed E-state index contributed by atoms with van der Waals surface area (Å²) in [5.41, 5.74) is 0.242. The van der Waals surface area contributed by atoms with E-state index in [0.29, 0.717) is 37.5 Å². The molecule has 2 bridgehead atoms. The van der Waals surface area contributed by atoms with Crippen molar-refractivity contribution in [2.45, 2.75) is 57.0 Å². The summed E-state index contributed by atoms with van der Waals surface area (Å²) in [7, 11) is -3.97. The lowest BCUT2D eigenvalue weighted by atomic mass is 9.67. The highest BCUT2D eigenvalue weighted by Crippen LogP contribution is 2.42. The van der Waals surface area contributed by atoms with Gasteiger partial charge in [0.05, 0.1) is 6.10 Å². The number of hydrogen-bond donors (Lipinski definition) is 2. The first kappa shape index (κ1) is 16.4. The lowest BCUT2D eigenvalue weighted by Gasteiger charge is -2.40. The van der Waals surface area contributed by atoms with Gasteiger partial charge >= 0.3 is 0 Å². The molecule has 2 N–H and O–H groups in total. The van der Waals surface area contributed by atoms with E-state index < -0.39 is 15.9 Å². The van der Waals surface area contributed by atoms with Crippen LogP contribution < -0.4 is 4.72 Å². The summed E-state index contributed by atoms with van der Waals surface area (Å²) in [5, 5.41) is 13.4. The van der Waals surface area contributed by atoms with Gasteiger partial charge in [0, 0.05) is 5.92 Å². The molecular formula is C15H22N2O5S. The number of nitrogens with one attached hydrogen (secondary N) is 1. The number of hydrogen-bond acceptors (Lipinski definition) is 6. The van der Waals surface area contributed by atoms with Crippen LogP contribution in [0.1, 0.15) is 43.6 Å². The zero-order valence-corrected chi connectivity index (χ0v) is 14.1. The zero-order chi connectivity index (χ0) is 16.8. The number of rotatable bonds is 3. The molecule has 0 saturated heterocycles. The number of nitrogens with zero attached hydrogens (tertiary/aromatic N) is 1. The summed E-state index contributed by atoms with van der Waals surface area (Å²) >= 11 is 0. The van der Waals surface area contributed by atoms with Gasteiger partial charge < -0.3 is 9.63 Å². The smallest absolute Gasteiger partial charge is 0.269 e. The summed E-state index contributed by atoms with van der Waals surface area (Å²) < 4.78 is 31.9. The van der Waals surface area contributed by atoms with Gasteiger partial charge in [0.2, 0.25) is 5.91 Å². The molecule has 3 rings (SSSR count). The van der Waals surface area contributed by atoms with Gasteiger partial charge in [-0.05, 0) is 57.8 Å². The fourth-order valence-corrected chi connectivity index (χ4v) is 5.53. The Morgan fingerprint density at radius 1 is 1.17 bits per heavy atom. The Morgan fingerprint density at radius 2 is 1.78 bits per heavy atom. The second kappa shape index (κ2) is 5.90. The van der Waals surface area contributed by atoms with Crippen LogP contribution in [0.5, 0.6) is 0 Å². The van der Waals surface area contributed by atoms with Gasteiger partial charge in [-0.2, -0.15) is 0 Å². The molecule has 128 valence electrons. The van der Waals surface area contributed by atoms with E-state index in [1.807, 2.05) is 0 Å².